The third-order valence-corrected chi connectivity index (χ3v) is 3.71. The lowest BCUT2D eigenvalue weighted by molar-refractivity contribution is 0.625. The molecule has 1 aliphatic rings. The molecule has 2 rings (SSSR count). The SMILES string of the molecule is CCCNc1cc(N2CC(C)CC2C)nc(CC)n1. The Labute approximate surface area is 116 Å². The molecule has 0 radical (unpaired) electrons. The number of hydrogen-bond acceptors (Lipinski definition) is 4. The zero-order chi connectivity index (χ0) is 13.8. The van der Waals surface area contributed by atoms with Crippen molar-refractivity contribution in [2.24, 2.45) is 5.92 Å². The summed E-state index contributed by atoms with van der Waals surface area (Å²) < 4.78 is 0. The smallest absolute Gasteiger partial charge is 0.134 e. The molecule has 0 aromatic carbocycles. The Kier molecular flexibility index (Phi) is 4.61. The molecule has 1 fully saturated rings. The van der Waals surface area contributed by atoms with E-state index in [0.717, 1.165) is 49.3 Å². The summed E-state index contributed by atoms with van der Waals surface area (Å²) >= 11 is 0. The van der Waals surface area contributed by atoms with Crippen molar-refractivity contribution in [3.8, 4) is 0 Å². The number of hydrogen-bond donors (Lipinski definition) is 1. The van der Waals surface area contributed by atoms with Crippen LogP contribution < -0.4 is 10.2 Å². The maximum atomic E-state index is 4.70. The molecule has 4 heteroatoms. The summed E-state index contributed by atoms with van der Waals surface area (Å²) in [5.74, 6) is 3.74. The molecule has 0 spiro atoms. The summed E-state index contributed by atoms with van der Waals surface area (Å²) in [6.07, 6.45) is 3.24. The molecule has 0 saturated carbocycles. The van der Waals surface area contributed by atoms with Gasteiger partial charge in [0.2, 0.25) is 0 Å². The Bertz CT molecular complexity index is 419. The second kappa shape index (κ2) is 6.22. The summed E-state index contributed by atoms with van der Waals surface area (Å²) in [5.41, 5.74) is 0. The van der Waals surface area contributed by atoms with Crippen LogP contribution in [0.3, 0.4) is 0 Å². The van der Waals surface area contributed by atoms with Crippen molar-refractivity contribution in [2.75, 3.05) is 23.3 Å². The molecule has 0 amide bonds. The molecule has 1 aliphatic heterocycles. The maximum Gasteiger partial charge on any atom is 0.134 e. The average molecular weight is 262 g/mol. The minimum Gasteiger partial charge on any atom is -0.370 e. The number of anilines is 2. The van der Waals surface area contributed by atoms with Crippen LogP contribution in [0.5, 0.6) is 0 Å². The van der Waals surface area contributed by atoms with Crippen molar-refractivity contribution >= 4 is 11.6 Å². The van der Waals surface area contributed by atoms with E-state index in [1.54, 1.807) is 0 Å². The van der Waals surface area contributed by atoms with Gasteiger partial charge in [-0.25, -0.2) is 9.97 Å². The molecule has 0 bridgehead atoms. The van der Waals surface area contributed by atoms with Gasteiger partial charge in [0.25, 0.3) is 0 Å². The molecule has 1 N–H and O–H groups in total. The predicted molar refractivity (Wildman–Crippen MR) is 80.8 cm³/mol. The Hall–Kier alpha value is -1.32. The van der Waals surface area contributed by atoms with Crippen LogP contribution in [-0.4, -0.2) is 29.1 Å². The summed E-state index contributed by atoms with van der Waals surface area (Å²) in [6, 6.07) is 2.68. The second-order valence-corrected chi connectivity index (χ2v) is 5.65. The van der Waals surface area contributed by atoms with Gasteiger partial charge in [-0.15, -0.1) is 0 Å². The van der Waals surface area contributed by atoms with Gasteiger partial charge in [0.1, 0.15) is 17.5 Å². The first-order valence-corrected chi connectivity index (χ1v) is 7.52. The third-order valence-electron chi connectivity index (χ3n) is 3.71. The molecule has 1 aromatic heterocycles. The summed E-state index contributed by atoms with van der Waals surface area (Å²) in [7, 11) is 0. The Morgan fingerprint density at radius 1 is 1.32 bits per heavy atom. The van der Waals surface area contributed by atoms with Crippen molar-refractivity contribution in [1.29, 1.82) is 0 Å². The van der Waals surface area contributed by atoms with Crippen LogP contribution in [0.4, 0.5) is 11.6 Å². The van der Waals surface area contributed by atoms with E-state index < -0.39 is 0 Å². The molecule has 1 saturated heterocycles. The zero-order valence-corrected chi connectivity index (χ0v) is 12.6. The highest BCUT2D eigenvalue weighted by Crippen LogP contribution is 2.28. The van der Waals surface area contributed by atoms with Crippen molar-refractivity contribution in [3.63, 3.8) is 0 Å². The van der Waals surface area contributed by atoms with E-state index in [4.69, 9.17) is 4.98 Å². The van der Waals surface area contributed by atoms with Gasteiger partial charge < -0.3 is 10.2 Å². The first-order valence-electron chi connectivity index (χ1n) is 7.52. The monoisotopic (exact) mass is 262 g/mol. The van der Waals surface area contributed by atoms with Crippen LogP contribution in [0.15, 0.2) is 6.07 Å². The van der Waals surface area contributed by atoms with Gasteiger partial charge in [0.15, 0.2) is 0 Å². The minimum absolute atomic E-state index is 0.577. The molecular formula is C15H26N4. The van der Waals surface area contributed by atoms with Crippen molar-refractivity contribution in [1.82, 2.24) is 9.97 Å². The molecule has 1 aromatic rings. The highest BCUT2D eigenvalue weighted by molar-refractivity contribution is 5.50. The Balaban J connectivity index is 2.23. The van der Waals surface area contributed by atoms with Crippen LogP contribution >= 0.6 is 0 Å². The van der Waals surface area contributed by atoms with Crippen LogP contribution in [0.1, 0.15) is 46.4 Å². The average Bonchev–Trinajstić information content (AvgIpc) is 2.75. The largest absolute Gasteiger partial charge is 0.370 e. The van der Waals surface area contributed by atoms with Gasteiger partial charge in [-0.2, -0.15) is 0 Å². The first kappa shape index (κ1) is 14.1. The molecular weight excluding hydrogens is 236 g/mol. The van der Waals surface area contributed by atoms with Crippen molar-refractivity contribution in [2.45, 2.75) is 53.0 Å². The van der Waals surface area contributed by atoms with E-state index in [2.05, 4.69) is 49.0 Å². The molecule has 0 aliphatic carbocycles. The highest BCUT2D eigenvalue weighted by atomic mass is 15.2. The van der Waals surface area contributed by atoms with E-state index in [-0.39, 0.29) is 0 Å². The molecule has 4 nitrogen and oxygen atoms in total. The van der Waals surface area contributed by atoms with Crippen molar-refractivity contribution < 1.29 is 0 Å². The highest BCUT2D eigenvalue weighted by Gasteiger charge is 2.27. The number of nitrogens with zero attached hydrogens (tertiary/aromatic N) is 3. The number of aromatic nitrogens is 2. The van der Waals surface area contributed by atoms with Crippen LogP contribution in [0.25, 0.3) is 0 Å². The van der Waals surface area contributed by atoms with Crippen LogP contribution in [0.2, 0.25) is 0 Å². The van der Waals surface area contributed by atoms with Crippen LogP contribution in [0, 0.1) is 5.92 Å². The van der Waals surface area contributed by atoms with Gasteiger partial charge in [0.05, 0.1) is 0 Å². The molecule has 2 atom stereocenters. The Morgan fingerprint density at radius 2 is 2.11 bits per heavy atom. The fourth-order valence-electron chi connectivity index (χ4n) is 2.75. The van der Waals surface area contributed by atoms with Gasteiger partial charge in [-0.05, 0) is 25.7 Å². The lowest BCUT2D eigenvalue weighted by Gasteiger charge is -2.23. The Morgan fingerprint density at radius 3 is 2.68 bits per heavy atom. The number of rotatable bonds is 5. The van der Waals surface area contributed by atoms with Gasteiger partial charge >= 0.3 is 0 Å². The van der Waals surface area contributed by atoms with Crippen molar-refractivity contribution in [3.05, 3.63) is 11.9 Å². The van der Waals surface area contributed by atoms with E-state index in [9.17, 15) is 0 Å². The van der Waals surface area contributed by atoms with E-state index in [0.29, 0.717) is 6.04 Å². The summed E-state index contributed by atoms with van der Waals surface area (Å²) in [4.78, 5) is 11.7. The van der Waals surface area contributed by atoms with Crippen LogP contribution in [-0.2, 0) is 6.42 Å². The molecule has 106 valence electrons. The summed E-state index contributed by atoms with van der Waals surface area (Å²) in [5, 5.41) is 3.38. The fraction of sp³-hybridized carbons (Fsp3) is 0.733. The lowest BCUT2D eigenvalue weighted by Crippen LogP contribution is -2.28. The van der Waals surface area contributed by atoms with E-state index in [1.165, 1.54) is 6.42 Å². The maximum absolute atomic E-state index is 4.70. The third kappa shape index (κ3) is 3.37. The van der Waals surface area contributed by atoms with E-state index >= 15 is 0 Å². The lowest BCUT2D eigenvalue weighted by atomic mass is 10.1. The summed E-state index contributed by atoms with van der Waals surface area (Å²) in [6.45, 7) is 10.9. The fourth-order valence-corrected chi connectivity index (χ4v) is 2.75. The normalized spacial score (nSPS) is 22.8. The first-order chi connectivity index (χ1) is 9.13. The number of nitrogens with one attached hydrogen (secondary N) is 1. The molecule has 2 heterocycles. The zero-order valence-electron chi connectivity index (χ0n) is 12.6. The van der Waals surface area contributed by atoms with E-state index in [1.807, 2.05) is 0 Å². The van der Waals surface area contributed by atoms with Gasteiger partial charge in [0, 0.05) is 31.6 Å². The quantitative estimate of drug-likeness (QED) is 0.885. The molecule has 19 heavy (non-hydrogen) atoms. The predicted octanol–water partition coefficient (Wildman–Crippen LogP) is 3.10. The standard InChI is InChI=1S/C15H26N4/c1-5-7-16-14-9-15(18-13(6-2)17-14)19-10-11(3)8-12(19)4/h9,11-12H,5-8,10H2,1-4H3,(H,16,17,18). The van der Waals surface area contributed by atoms with Gasteiger partial charge in [-0.3, -0.25) is 0 Å². The topological polar surface area (TPSA) is 41.0 Å². The minimum atomic E-state index is 0.577. The van der Waals surface area contributed by atoms with Gasteiger partial charge in [-0.1, -0.05) is 20.8 Å². The second-order valence-electron chi connectivity index (χ2n) is 5.65. The number of aryl methyl sites for hydroxylation is 1. The molecule has 2 unspecified atom stereocenters.